The Bertz CT molecular complexity index is 828. The number of likely N-dealkylation sites (tertiary alicyclic amines) is 1. The molecule has 0 aromatic carbocycles. The summed E-state index contributed by atoms with van der Waals surface area (Å²) in [5.41, 5.74) is 1.70. The van der Waals surface area contributed by atoms with Crippen molar-refractivity contribution in [2.24, 2.45) is 5.92 Å². The molecule has 1 atom stereocenters. The van der Waals surface area contributed by atoms with Crippen LogP contribution in [0.5, 0.6) is 0 Å². The van der Waals surface area contributed by atoms with Crippen LogP contribution in [-0.2, 0) is 5.16 Å². The van der Waals surface area contributed by atoms with Gasteiger partial charge in [-0.05, 0) is 52.7 Å². The third-order valence-corrected chi connectivity index (χ3v) is 6.40. The molecule has 1 fully saturated rings. The normalized spacial score (nSPS) is 16.8. The molecule has 4 nitrogen and oxygen atoms in total. The Labute approximate surface area is 164 Å². The fourth-order valence-corrected chi connectivity index (χ4v) is 4.77. The van der Waals surface area contributed by atoms with Gasteiger partial charge < -0.3 is 9.42 Å². The van der Waals surface area contributed by atoms with E-state index in [-0.39, 0.29) is 11.1 Å². The molecule has 0 bridgehead atoms. The van der Waals surface area contributed by atoms with Crippen LogP contribution in [0, 0.1) is 12.8 Å². The van der Waals surface area contributed by atoms with Gasteiger partial charge >= 0.3 is 0 Å². The van der Waals surface area contributed by atoms with E-state index in [2.05, 4.69) is 14.4 Å². The molecule has 0 N–H and O–H groups in total. The molecule has 148 valence electrons. The van der Waals surface area contributed by atoms with Crippen LogP contribution in [0.4, 0.5) is 8.78 Å². The minimum absolute atomic E-state index is 0.100. The van der Waals surface area contributed by atoms with Crippen molar-refractivity contribution in [2.45, 2.75) is 51.6 Å². The highest BCUT2D eigenvalue weighted by molar-refractivity contribution is 7.18. The highest BCUT2D eigenvalue weighted by Crippen LogP contribution is 2.39. The predicted molar refractivity (Wildman–Crippen MR) is 107 cm³/mol. The average Bonchev–Trinajstić information content (AvgIpc) is 3.19. The summed E-state index contributed by atoms with van der Waals surface area (Å²) < 4.78 is 32.4. The maximum atomic E-state index is 13.5. The maximum absolute atomic E-state index is 13.5. The molecule has 0 aliphatic carbocycles. The SMILES string of the molecule is Cc1c(-c2ccc(C(=O)N3CCC(C(C)(F)F)CC3)s2)noc1C(C)(C)P. The average molecular weight is 414 g/mol. The van der Waals surface area contributed by atoms with Crippen LogP contribution in [0.25, 0.3) is 10.6 Å². The third-order valence-electron chi connectivity index (χ3n) is 5.06. The second-order valence-corrected chi connectivity index (χ2v) is 10.4. The first-order chi connectivity index (χ1) is 12.5. The van der Waals surface area contributed by atoms with Gasteiger partial charge in [0.25, 0.3) is 5.91 Å². The van der Waals surface area contributed by atoms with E-state index in [1.54, 1.807) is 11.0 Å². The lowest BCUT2D eigenvalue weighted by Crippen LogP contribution is -2.42. The molecule has 8 heteroatoms. The largest absolute Gasteiger partial charge is 0.360 e. The minimum Gasteiger partial charge on any atom is -0.360 e. The van der Waals surface area contributed by atoms with Crippen LogP contribution >= 0.6 is 20.6 Å². The first kappa shape index (κ1) is 20.4. The molecule has 1 aliphatic heterocycles. The Kier molecular flexibility index (Phi) is 5.48. The Morgan fingerprint density at radius 1 is 1.30 bits per heavy atom. The number of rotatable bonds is 4. The first-order valence-corrected chi connectivity index (χ1v) is 10.4. The quantitative estimate of drug-likeness (QED) is 0.636. The van der Waals surface area contributed by atoms with Crippen molar-refractivity contribution < 1.29 is 18.1 Å². The molecule has 1 unspecified atom stereocenters. The fraction of sp³-hybridized carbons (Fsp3) is 0.579. The van der Waals surface area contributed by atoms with Crippen molar-refractivity contribution in [3.63, 3.8) is 0 Å². The number of carbonyl (C=O) groups is 1. The zero-order chi connectivity index (χ0) is 20.0. The predicted octanol–water partition coefficient (Wildman–Crippen LogP) is 5.33. The highest BCUT2D eigenvalue weighted by Gasteiger charge is 2.37. The zero-order valence-corrected chi connectivity index (χ0v) is 18.0. The van der Waals surface area contributed by atoms with Gasteiger partial charge in [0, 0.05) is 29.7 Å². The van der Waals surface area contributed by atoms with Crippen molar-refractivity contribution in [3.05, 3.63) is 28.3 Å². The first-order valence-electron chi connectivity index (χ1n) is 9.01. The van der Waals surface area contributed by atoms with Gasteiger partial charge in [-0.15, -0.1) is 20.6 Å². The number of hydrogen-bond donors (Lipinski definition) is 0. The fourth-order valence-electron chi connectivity index (χ4n) is 3.49. The van der Waals surface area contributed by atoms with Crippen LogP contribution in [-0.4, -0.2) is 35.0 Å². The number of nitrogens with zero attached hydrogens (tertiary/aromatic N) is 2. The molecule has 2 aromatic rings. The minimum atomic E-state index is -2.68. The number of hydrogen-bond acceptors (Lipinski definition) is 4. The molecule has 0 saturated carbocycles. The molecule has 1 aliphatic rings. The van der Waals surface area contributed by atoms with Gasteiger partial charge in [-0.3, -0.25) is 4.79 Å². The molecule has 0 spiro atoms. The van der Waals surface area contributed by atoms with Crippen LogP contribution in [0.1, 0.15) is 54.6 Å². The number of carbonyl (C=O) groups excluding carboxylic acids is 1. The second kappa shape index (κ2) is 7.25. The van der Waals surface area contributed by atoms with Gasteiger partial charge in [0.2, 0.25) is 5.92 Å². The van der Waals surface area contributed by atoms with Gasteiger partial charge in [0.05, 0.1) is 9.75 Å². The van der Waals surface area contributed by atoms with E-state index in [0.717, 1.165) is 28.8 Å². The van der Waals surface area contributed by atoms with Crippen LogP contribution in [0.15, 0.2) is 16.7 Å². The Morgan fingerprint density at radius 3 is 2.44 bits per heavy atom. The highest BCUT2D eigenvalue weighted by atomic mass is 32.1. The number of aromatic nitrogens is 1. The smallest absolute Gasteiger partial charge is 0.263 e. The van der Waals surface area contributed by atoms with E-state index in [4.69, 9.17) is 4.52 Å². The molecule has 0 radical (unpaired) electrons. The van der Waals surface area contributed by atoms with Gasteiger partial charge in [-0.2, -0.15) is 0 Å². The van der Waals surface area contributed by atoms with E-state index in [9.17, 15) is 13.6 Å². The van der Waals surface area contributed by atoms with Crippen LogP contribution in [0.3, 0.4) is 0 Å². The zero-order valence-electron chi connectivity index (χ0n) is 16.0. The van der Waals surface area contributed by atoms with Gasteiger partial charge in [0.15, 0.2) is 0 Å². The molecular formula is C19H25F2N2O2PS. The summed E-state index contributed by atoms with van der Waals surface area (Å²) in [7, 11) is 2.74. The molecule has 2 aromatic heterocycles. The van der Waals surface area contributed by atoms with Crippen molar-refractivity contribution in [1.29, 1.82) is 0 Å². The van der Waals surface area contributed by atoms with E-state index >= 15 is 0 Å². The number of amides is 1. The number of alkyl halides is 2. The summed E-state index contributed by atoms with van der Waals surface area (Å²) in [4.78, 5) is 15.9. The maximum Gasteiger partial charge on any atom is 0.263 e. The van der Waals surface area contributed by atoms with Gasteiger partial charge in [-0.25, -0.2) is 8.78 Å². The molecule has 1 saturated heterocycles. The standard InChI is InChI=1S/C19H25F2N2O2PS/c1-11-15(22-25-16(11)18(2,3)26)13-5-6-14(27-13)17(24)23-9-7-12(8-10-23)19(4,20)21/h5-6,12H,7-10,26H2,1-4H3. The Morgan fingerprint density at radius 2 is 1.93 bits per heavy atom. The number of halogens is 2. The van der Waals surface area contributed by atoms with E-state index in [1.807, 2.05) is 26.8 Å². The molecule has 27 heavy (non-hydrogen) atoms. The lowest BCUT2D eigenvalue weighted by atomic mass is 9.91. The van der Waals surface area contributed by atoms with Crippen molar-refractivity contribution >= 4 is 26.5 Å². The molecular weight excluding hydrogens is 389 g/mol. The topological polar surface area (TPSA) is 46.3 Å². The van der Waals surface area contributed by atoms with Crippen LogP contribution < -0.4 is 0 Å². The third kappa shape index (κ3) is 4.24. The summed E-state index contributed by atoms with van der Waals surface area (Å²) in [5, 5.41) is 3.96. The molecule has 1 amide bonds. The monoisotopic (exact) mass is 414 g/mol. The summed E-state index contributed by atoms with van der Waals surface area (Å²) in [5.74, 6) is -2.63. The van der Waals surface area contributed by atoms with E-state index in [0.29, 0.717) is 30.8 Å². The second-order valence-electron chi connectivity index (χ2n) is 7.89. The summed E-state index contributed by atoms with van der Waals surface area (Å²) in [6.07, 6.45) is 0.672. The van der Waals surface area contributed by atoms with Crippen molar-refractivity contribution in [2.75, 3.05) is 13.1 Å². The van der Waals surface area contributed by atoms with Gasteiger partial charge in [0.1, 0.15) is 11.5 Å². The lowest BCUT2D eigenvalue weighted by Gasteiger charge is -2.34. The van der Waals surface area contributed by atoms with Crippen molar-refractivity contribution in [1.82, 2.24) is 10.1 Å². The number of piperidine rings is 1. The number of thiophene rings is 1. The summed E-state index contributed by atoms with van der Waals surface area (Å²) in [6.45, 7) is 7.72. The summed E-state index contributed by atoms with van der Waals surface area (Å²) in [6, 6.07) is 3.65. The molecule has 3 heterocycles. The Balaban J connectivity index is 1.73. The Hall–Kier alpha value is -1.33. The van der Waals surface area contributed by atoms with E-state index < -0.39 is 11.8 Å². The molecule has 3 rings (SSSR count). The van der Waals surface area contributed by atoms with E-state index in [1.165, 1.54) is 11.3 Å². The lowest BCUT2D eigenvalue weighted by molar-refractivity contribution is -0.0594. The summed E-state index contributed by atoms with van der Waals surface area (Å²) >= 11 is 1.36. The van der Waals surface area contributed by atoms with Crippen molar-refractivity contribution in [3.8, 4) is 10.6 Å². The van der Waals surface area contributed by atoms with Gasteiger partial charge in [-0.1, -0.05) is 5.16 Å². The van der Waals surface area contributed by atoms with Crippen LogP contribution in [0.2, 0.25) is 0 Å².